The van der Waals surface area contributed by atoms with Crippen molar-refractivity contribution in [1.29, 1.82) is 0 Å². The van der Waals surface area contributed by atoms with Crippen molar-refractivity contribution in [2.45, 2.75) is 33.2 Å². The topological polar surface area (TPSA) is 72.4 Å². The summed E-state index contributed by atoms with van der Waals surface area (Å²) in [6.45, 7) is 11.8. The second-order valence-corrected chi connectivity index (χ2v) is 6.32. The molecular weight excluding hydrogens is 326 g/mol. The number of nitrogens with two attached hydrogens (primary N) is 1. The quantitative estimate of drug-likeness (QED) is 0.889. The predicted octanol–water partition coefficient (Wildman–Crippen LogP) is 1.78. The molecule has 0 saturated carbocycles. The maximum Gasteiger partial charge on any atom is 0.190 e. The van der Waals surface area contributed by atoms with E-state index in [0.717, 1.165) is 24.9 Å². The van der Waals surface area contributed by atoms with Crippen molar-refractivity contribution in [2.75, 3.05) is 13.1 Å². The van der Waals surface area contributed by atoms with Crippen LogP contribution in [0.4, 0.5) is 0 Å². The van der Waals surface area contributed by atoms with Crippen molar-refractivity contribution in [1.82, 2.24) is 9.88 Å². The minimum absolute atomic E-state index is 0.169. The highest BCUT2D eigenvalue weighted by atomic mass is 16.3. The molecule has 0 aromatic rings. The van der Waals surface area contributed by atoms with Gasteiger partial charge in [-0.1, -0.05) is 38.7 Å². The second kappa shape index (κ2) is 7.30. The first-order valence-electron chi connectivity index (χ1n) is 9.02. The standard InChI is InChI=1S/C21H25N3O2/c1-5-14-17(25)12-19-21(20(14)15(22)6-2)23-16-10-9-13(11-18(16)26-19)24(7-3)8-4/h5-6,10-13H,1,7-9,22H2,2-4H3/b15-6+. The van der Waals surface area contributed by atoms with E-state index in [-0.39, 0.29) is 11.5 Å². The first-order chi connectivity index (χ1) is 12.5. The summed E-state index contributed by atoms with van der Waals surface area (Å²) in [5.41, 5.74) is 8.82. The van der Waals surface area contributed by atoms with Gasteiger partial charge in [0.05, 0.1) is 0 Å². The Balaban J connectivity index is 2.31. The summed E-state index contributed by atoms with van der Waals surface area (Å²) in [6, 6.07) is 1.75. The third-order valence-corrected chi connectivity index (χ3v) is 4.95. The third kappa shape index (κ3) is 2.99. The molecule has 1 unspecified atom stereocenters. The van der Waals surface area contributed by atoms with Crippen LogP contribution in [-0.4, -0.2) is 29.0 Å². The molecule has 0 spiro atoms. The molecule has 5 heteroatoms. The third-order valence-electron chi connectivity index (χ3n) is 4.95. The second-order valence-electron chi connectivity index (χ2n) is 6.32. The van der Waals surface area contributed by atoms with Gasteiger partial charge in [0, 0.05) is 28.9 Å². The lowest BCUT2D eigenvalue weighted by molar-refractivity contribution is 0.266. The number of allylic oxidation sites excluding steroid dienone is 1. The van der Waals surface area contributed by atoms with Crippen LogP contribution in [0.2, 0.25) is 0 Å². The maximum absolute atomic E-state index is 12.5. The van der Waals surface area contributed by atoms with Gasteiger partial charge in [-0.2, -0.15) is 0 Å². The Hall–Kier alpha value is -2.66. The number of benzene rings is 1. The Bertz CT molecular complexity index is 1010. The van der Waals surface area contributed by atoms with Gasteiger partial charge in [0.2, 0.25) is 0 Å². The number of hydrogen-bond acceptors (Lipinski definition) is 5. The lowest BCUT2D eigenvalue weighted by Gasteiger charge is -2.27. The maximum atomic E-state index is 12.5. The van der Waals surface area contributed by atoms with E-state index in [0.29, 0.717) is 33.7 Å². The van der Waals surface area contributed by atoms with E-state index in [1.807, 2.05) is 6.92 Å². The lowest BCUT2D eigenvalue weighted by atomic mass is 9.98. The van der Waals surface area contributed by atoms with E-state index in [1.165, 1.54) is 12.1 Å². The fourth-order valence-electron chi connectivity index (χ4n) is 3.50. The van der Waals surface area contributed by atoms with E-state index in [2.05, 4.69) is 37.5 Å². The molecule has 0 amide bonds. The Kier molecular flexibility index (Phi) is 5.09. The summed E-state index contributed by atoms with van der Waals surface area (Å²) in [5.74, 6) is 0.448. The summed E-state index contributed by atoms with van der Waals surface area (Å²) in [7, 11) is 0. The molecule has 0 saturated heterocycles. The van der Waals surface area contributed by atoms with Gasteiger partial charge in [-0.05, 0) is 32.5 Å². The molecule has 5 nitrogen and oxygen atoms in total. The molecule has 0 bridgehead atoms. The summed E-state index contributed by atoms with van der Waals surface area (Å²) >= 11 is 0. The Labute approximate surface area is 153 Å². The SMILES string of the molecule is C=Cc1c(/C(N)=C\C)c2nc3c(oc-2cc1=O)=CC(N(CC)CC)CC=3. The van der Waals surface area contributed by atoms with E-state index >= 15 is 0 Å². The summed E-state index contributed by atoms with van der Waals surface area (Å²) in [6.07, 6.45) is 8.36. The summed E-state index contributed by atoms with van der Waals surface area (Å²) in [5, 5.41) is 0.791. The minimum Gasteiger partial charge on any atom is -0.453 e. The van der Waals surface area contributed by atoms with Crippen molar-refractivity contribution in [3.8, 4) is 11.5 Å². The van der Waals surface area contributed by atoms with Crippen LogP contribution >= 0.6 is 0 Å². The highest BCUT2D eigenvalue weighted by Gasteiger charge is 2.22. The monoisotopic (exact) mass is 351 g/mol. The molecule has 136 valence electrons. The smallest absolute Gasteiger partial charge is 0.190 e. The predicted molar refractivity (Wildman–Crippen MR) is 107 cm³/mol. The largest absolute Gasteiger partial charge is 0.453 e. The zero-order chi connectivity index (χ0) is 18.8. The molecule has 2 aliphatic carbocycles. The van der Waals surface area contributed by atoms with Gasteiger partial charge in [-0.25, -0.2) is 4.98 Å². The fourth-order valence-corrected chi connectivity index (χ4v) is 3.50. The number of rotatable bonds is 5. The van der Waals surface area contributed by atoms with Crippen LogP contribution in [-0.2, 0) is 0 Å². The van der Waals surface area contributed by atoms with E-state index in [1.54, 1.807) is 6.08 Å². The van der Waals surface area contributed by atoms with Gasteiger partial charge in [0.1, 0.15) is 16.5 Å². The van der Waals surface area contributed by atoms with Crippen LogP contribution in [0.15, 0.2) is 27.9 Å². The molecule has 3 rings (SSSR count). The summed E-state index contributed by atoms with van der Waals surface area (Å²) in [4.78, 5) is 19.6. The lowest BCUT2D eigenvalue weighted by Crippen LogP contribution is -2.41. The van der Waals surface area contributed by atoms with Crippen molar-refractivity contribution in [3.63, 3.8) is 0 Å². The Morgan fingerprint density at radius 2 is 2.19 bits per heavy atom. The van der Waals surface area contributed by atoms with Crippen molar-refractivity contribution in [3.05, 3.63) is 50.8 Å². The highest BCUT2D eigenvalue weighted by Crippen LogP contribution is 2.27. The van der Waals surface area contributed by atoms with Crippen molar-refractivity contribution in [2.24, 2.45) is 5.73 Å². The van der Waals surface area contributed by atoms with Crippen LogP contribution in [0.1, 0.15) is 38.3 Å². The van der Waals surface area contributed by atoms with Gasteiger partial charge in [0.15, 0.2) is 11.2 Å². The summed E-state index contributed by atoms with van der Waals surface area (Å²) < 4.78 is 6.08. The molecule has 1 heterocycles. The van der Waals surface area contributed by atoms with Crippen LogP contribution in [0.3, 0.4) is 0 Å². The van der Waals surface area contributed by atoms with Gasteiger partial charge >= 0.3 is 0 Å². The molecule has 0 aromatic carbocycles. The first-order valence-corrected chi connectivity index (χ1v) is 9.02. The number of nitrogens with zero attached hydrogens (tertiary/aromatic N) is 2. The van der Waals surface area contributed by atoms with Gasteiger partial charge in [0.25, 0.3) is 0 Å². The Morgan fingerprint density at radius 1 is 1.46 bits per heavy atom. The molecule has 0 radical (unpaired) electrons. The van der Waals surface area contributed by atoms with Crippen molar-refractivity contribution >= 4 is 23.9 Å². The van der Waals surface area contributed by atoms with Gasteiger partial charge in [-0.15, -0.1) is 0 Å². The Morgan fingerprint density at radius 3 is 2.81 bits per heavy atom. The van der Waals surface area contributed by atoms with E-state index in [4.69, 9.17) is 15.1 Å². The molecule has 26 heavy (non-hydrogen) atoms. The zero-order valence-corrected chi connectivity index (χ0v) is 15.6. The van der Waals surface area contributed by atoms with Gasteiger partial charge < -0.3 is 10.2 Å². The molecule has 0 aromatic heterocycles. The molecule has 1 aliphatic heterocycles. The van der Waals surface area contributed by atoms with Gasteiger partial charge in [-0.3, -0.25) is 9.69 Å². The van der Waals surface area contributed by atoms with E-state index in [9.17, 15) is 4.79 Å². The number of aromatic nitrogens is 1. The molecule has 0 fully saturated rings. The first kappa shape index (κ1) is 18.1. The highest BCUT2D eigenvalue weighted by molar-refractivity contribution is 5.82. The molecular formula is C21H25N3O2. The minimum atomic E-state index is -0.169. The molecule has 3 aliphatic rings. The number of hydrogen-bond donors (Lipinski definition) is 1. The van der Waals surface area contributed by atoms with Crippen LogP contribution in [0.25, 0.3) is 35.4 Å². The number of fused-ring (bicyclic) bond motifs is 2. The van der Waals surface area contributed by atoms with Crippen molar-refractivity contribution < 1.29 is 4.42 Å². The average molecular weight is 351 g/mol. The normalized spacial score (nSPS) is 16.9. The molecule has 2 N–H and O–H groups in total. The van der Waals surface area contributed by atoms with Crippen LogP contribution in [0.5, 0.6) is 0 Å². The van der Waals surface area contributed by atoms with Crippen LogP contribution in [0, 0.1) is 0 Å². The fraction of sp³-hybridized carbons (Fsp3) is 0.333. The van der Waals surface area contributed by atoms with E-state index < -0.39 is 0 Å². The zero-order valence-electron chi connectivity index (χ0n) is 15.6. The molecule has 1 atom stereocenters. The van der Waals surface area contributed by atoms with Crippen LogP contribution < -0.4 is 21.9 Å². The average Bonchev–Trinajstić information content (AvgIpc) is 2.65.